The first-order chi connectivity index (χ1) is 17.9. The number of carbonyl (C=O) groups is 1. The van der Waals surface area contributed by atoms with Crippen molar-refractivity contribution in [1.29, 1.82) is 0 Å². The maximum Gasteiger partial charge on any atom is 0.459 e. The van der Waals surface area contributed by atoms with E-state index in [4.69, 9.17) is 24.3 Å². The van der Waals surface area contributed by atoms with Gasteiger partial charge in [-0.3, -0.25) is 23.7 Å². The number of rotatable bonds is 10. The average molecular weight is 553 g/mol. The molecule has 1 saturated heterocycles. The number of aromatic amines is 1. The second-order valence-corrected chi connectivity index (χ2v) is 11.1. The standard InChI is InChI=1S/C23H30FN6O7P/c1-13(2)35-20(32)14(3)29-38(33,37-15-8-6-5-7-9-15)34-11-16-10-23(4,24)21(36-16)30-12-26-17-18(30)27-22(25)28-19(17)31/h5-9,12-14,16,21H,10-11H2,1-4H3,(H,29,33)(H3,25,27,28,31)/t14-,16?,21-,23-,38-/m1/s1. The lowest BCUT2D eigenvalue weighted by Gasteiger charge is -2.24. The van der Waals surface area contributed by atoms with Crippen molar-refractivity contribution in [2.75, 3.05) is 12.3 Å². The SMILES string of the molecule is CC(C)OC(=O)[C@@H](C)N[P@@](=O)(OCC1C[C@@](C)(F)[C@H](n2cnc3c(=O)[nH]c(N)nc32)O1)Oc1ccccc1. The van der Waals surface area contributed by atoms with Gasteiger partial charge >= 0.3 is 13.7 Å². The molecule has 0 saturated carbocycles. The van der Waals surface area contributed by atoms with E-state index in [1.165, 1.54) is 24.7 Å². The summed E-state index contributed by atoms with van der Waals surface area (Å²) in [5.74, 6) is -0.576. The number of nitrogens with two attached hydrogens (primary N) is 1. The van der Waals surface area contributed by atoms with Gasteiger partial charge in [-0.15, -0.1) is 0 Å². The maximum atomic E-state index is 15.7. The Labute approximate surface area is 217 Å². The molecule has 3 aromatic rings. The smallest absolute Gasteiger partial charge is 0.459 e. The predicted octanol–water partition coefficient (Wildman–Crippen LogP) is 2.85. The molecule has 1 fully saturated rings. The van der Waals surface area contributed by atoms with Gasteiger partial charge in [-0.05, 0) is 39.8 Å². The summed E-state index contributed by atoms with van der Waals surface area (Å²) in [6.07, 6.45) is -1.39. The number of para-hydroxylation sites is 1. The molecule has 0 amide bonds. The van der Waals surface area contributed by atoms with Gasteiger partial charge in [-0.2, -0.15) is 10.1 Å². The van der Waals surface area contributed by atoms with Crippen molar-refractivity contribution >= 4 is 30.8 Å². The van der Waals surface area contributed by atoms with Gasteiger partial charge in [0.25, 0.3) is 5.56 Å². The fourth-order valence-corrected chi connectivity index (χ4v) is 5.52. The summed E-state index contributed by atoms with van der Waals surface area (Å²) in [4.78, 5) is 34.8. The lowest BCUT2D eigenvalue weighted by molar-refractivity contribution is -0.149. The summed E-state index contributed by atoms with van der Waals surface area (Å²) in [5, 5.41) is 2.58. The van der Waals surface area contributed by atoms with Crippen molar-refractivity contribution in [2.24, 2.45) is 0 Å². The molecule has 3 heterocycles. The zero-order valence-corrected chi connectivity index (χ0v) is 22.2. The van der Waals surface area contributed by atoms with E-state index in [0.29, 0.717) is 0 Å². The monoisotopic (exact) mass is 552 g/mol. The molecule has 5 atom stereocenters. The molecule has 1 unspecified atom stereocenters. The number of fused-ring (bicyclic) bond motifs is 1. The number of nitrogens with one attached hydrogen (secondary N) is 2. The number of H-pyrrole nitrogens is 1. The minimum atomic E-state index is -4.17. The molecule has 1 aromatic carbocycles. The number of benzene rings is 1. The minimum Gasteiger partial charge on any atom is -0.462 e. The topological polar surface area (TPSA) is 173 Å². The normalized spacial score (nSPS) is 23.8. The number of esters is 1. The molecule has 0 radical (unpaired) electrons. The fourth-order valence-electron chi connectivity index (χ4n) is 4.00. The number of carbonyl (C=O) groups excluding carboxylic acids is 1. The second-order valence-electron chi connectivity index (χ2n) is 9.40. The summed E-state index contributed by atoms with van der Waals surface area (Å²) in [5.41, 5.74) is 3.17. The molecule has 4 N–H and O–H groups in total. The molecule has 15 heteroatoms. The van der Waals surface area contributed by atoms with Gasteiger partial charge in [-0.25, -0.2) is 13.9 Å². The Bertz CT molecular complexity index is 1400. The Kier molecular flexibility index (Phi) is 7.88. The molecular weight excluding hydrogens is 522 g/mol. The van der Waals surface area contributed by atoms with Crippen LogP contribution in [-0.4, -0.2) is 56.0 Å². The summed E-state index contributed by atoms with van der Waals surface area (Å²) in [6.45, 7) is 5.81. The number of hydrogen-bond acceptors (Lipinski definition) is 10. The first kappa shape index (κ1) is 27.7. The van der Waals surface area contributed by atoms with Crippen LogP contribution in [-0.2, 0) is 23.4 Å². The Morgan fingerprint density at radius 3 is 2.76 bits per heavy atom. The molecule has 38 heavy (non-hydrogen) atoms. The lowest BCUT2D eigenvalue weighted by Crippen LogP contribution is -2.36. The average Bonchev–Trinajstić information content (AvgIpc) is 3.37. The quantitative estimate of drug-likeness (QED) is 0.249. The Balaban J connectivity index is 1.52. The molecule has 2 aromatic heterocycles. The van der Waals surface area contributed by atoms with Gasteiger partial charge in [-0.1, -0.05) is 18.2 Å². The molecule has 1 aliphatic rings. The summed E-state index contributed by atoms with van der Waals surface area (Å²) in [6, 6.07) is 7.20. The molecule has 13 nitrogen and oxygen atoms in total. The predicted molar refractivity (Wildman–Crippen MR) is 135 cm³/mol. The number of nitrogen functional groups attached to an aromatic ring is 1. The first-order valence-electron chi connectivity index (χ1n) is 11.9. The fraction of sp³-hybridized carbons (Fsp3) is 0.478. The number of imidazole rings is 1. The van der Waals surface area contributed by atoms with E-state index in [0.717, 1.165) is 0 Å². The first-order valence-corrected chi connectivity index (χ1v) is 13.5. The van der Waals surface area contributed by atoms with Crippen LogP contribution in [0.25, 0.3) is 11.2 Å². The van der Waals surface area contributed by atoms with Crippen molar-refractivity contribution in [1.82, 2.24) is 24.6 Å². The van der Waals surface area contributed by atoms with Crippen LogP contribution in [0.2, 0.25) is 0 Å². The van der Waals surface area contributed by atoms with Gasteiger partial charge < -0.3 is 19.7 Å². The zero-order valence-electron chi connectivity index (χ0n) is 21.3. The molecule has 4 rings (SSSR count). The largest absolute Gasteiger partial charge is 0.462 e. The van der Waals surface area contributed by atoms with Crippen LogP contribution in [0, 0.1) is 0 Å². The van der Waals surface area contributed by atoms with E-state index in [1.54, 1.807) is 44.2 Å². The van der Waals surface area contributed by atoms with Crippen LogP contribution in [0.4, 0.5) is 10.3 Å². The van der Waals surface area contributed by atoms with Crippen molar-refractivity contribution < 1.29 is 32.3 Å². The highest BCUT2D eigenvalue weighted by Gasteiger charge is 2.48. The van der Waals surface area contributed by atoms with Crippen molar-refractivity contribution in [3.05, 3.63) is 47.0 Å². The van der Waals surface area contributed by atoms with Crippen LogP contribution in [0.3, 0.4) is 0 Å². The van der Waals surface area contributed by atoms with Gasteiger partial charge in [0.1, 0.15) is 11.8 Å². The van der Waals surface area contributed by atoms with E-state index in [2.05, 4.69) is 20.0 Å². The molecular formula is C23H30FN6O7P. The Morgan fingerprint density at radius 1 is 1.37 bits per heavy atom. The minimum absolute atomic E-state index is 0.0227. The Hall–Kier alpha value is -3.32. The van der Waals surface area contributed by atoms with Gasteiger partial charge in [0.05, 0.1) is 25.1 Å². The van der Waals surface area contributed by atoms with Crippen LogP contribution in [0.5, 0.6) is 5.75 Å². The number of hydrogen-bond donors (Lipinski definition) is 3. The zero-order chi connectivity index (χ0) is 27.7. The molecule has 0 aliphatic carbocycles. The molecule has 206 valence electrons. The number of ether oxygens (including phenoxy) is 2. The summed E-state index contributed by atoms with van der Waals surface area (Å²) in [7, 11) is -4.17. The number of aromatic nitrogens is 4. The number of alkyl halides is 1. The van der Waals surface area contributed by atoms with Crippen LogP contribution >= 0.6 is 7.75 Å². The van der Waals surface area contributed by atoms with E-state index < -0.39 is 43.3 Å². The van der Waals surface area contributed by atoms with Crippen molar-refractivity contribution in [3.8, 4) is 5.75 Å². The van der Waals surface area contributed by atoms with E-state index in [9.17, 15) is 14.2 Å². The van der Waals surface area contributed by atoms with Crippen molar-refractivity contribution in [3.63, 3.8) is 0 Å². The van der Waals surface area contributed by atoms with E-state index in [1.807, 2.05) is 0 Å². The highest BCUT2D eigenvalue weighted by Crippen LogP contribution is 2.47. The lowest BCUT2D eigenvalue weighted by atomic mass is 10.0. The third kappa shape index (κ3) is 6.21. The van der Waals surface area contributed by atoms with E-state index in [-0.39, 0.29) is 42.0 Å². The third-order valence-corrected chi connectivity index (χ3v) is 7.27. The summed E-state index contributed by atoms with van der Waals surface area (Å²) < 4.78 is 52.9. The highest BCUT2D eigenvalue weighted by atomic mass is 31.2. The maximum absolute atomic E-state index is 15.7. The van der Waals surface area contributed by atoms with Crippen LogP contribution < -0.4 is 20.9 Å². The van der Waals surface area contributed by atoms with Gasteiger partial charge in [0.15, 0.2) is 23.1 Å². The third-order valence-electron chi connectivity index (χ3n) is 5.62. The highest BCUT2D eigenvalue weighted by molar-refractivity contribution is 7.52. The second kappa shape index (κ2) is 10.8. The van der Waals surface area contributed by atoms with Gasteiger partial charge in [0, 0.05) is 6.42 Å². The number of anilines is 1. The number of nitrogens with zero attached hydrogens (tertiary/aromatic N) is 3. The van der Waals surface area contributed by atoms with Crippen LogP contribution in [0.1, 0.15) is 40.3 Å². The van der Waals surface area contributed by atoms with E-state index >= 15 is 4.39 Å². The van der Waals surface area contributed by atoms with Crippen LogP contribution in [0.15, 0.2) is 41.5 Å². The molecule has 0 bridgehead atoms. The van der Waals surface area contributed by atoms with Gasteiger partial charge in [0.2, 0.25) is 5.95 Å². The van der Waals surface area contributed by atoms with Crippen molar-refractivity contribution in [2.45, 2.75) is 64.3 Å². The molecule has 0 spiro atoms. The Morgan fingerprint density at radius 2 is 2.08 bits per heavy atom. The molecule has 1 aliphatic heterocycles. The summed E-state index contributed by atoms with van der Waals surface area (Å²) >= 11 is 0. The number of halogens is 1.